The van der Waals surface area contributed by atoms with Crippen LogP contribution in [0.5, 0.6) is 0 Å². The van der Waals surface area contributed by atoms with E-state index in [9.17, 15) is 4.79 Å². The topological polar surface area (TPSA) is 64.4 Å². The van der Waals surface area contributed by atoms with E-state index in [-0.39, 0.29) is 5.69 Å². The van der Waals surface area contributed by atoms with Crippen molar-refractivity contribution in [3.05, 3.63) is 18.0 Å². The SMILES string of the molecule is CC(C)COCCn1nccc1C(=O)O. The lowest BCUT2D eigenvalue weighted by Gasteiger charge is -2.07. The van der Waals surface area contributed by atoms with Crippen molar-refractivity contribution >= 4 is 5.97 Å². The number of carboxylic acid groups (broad SMARTS) is 1. The molecule has 1 heterocycles. The predicted molar refractivity (Wildman–Crippen MR) is 54.8 cm³/mol. The van der Waals surface area contributed by atoms with Gasteiger partial charge in [0.05, 0.1) is 13.2 Å². The van der Waals surface area contributed by atoms with Gasteiger partial charge in [-0.3, -0.25) is 4.68 Å². The Hall–Kier alpha value is -1.36. The van der Waals surface area contributed by atoms with Gasteiger partial charge in [0.15, 0.2) is 0 Å². The predicted octanol–water partition coefficient (Wildman–Crippen LogP) is 1.25. The van der Waals surface area contributed by atoms with Crippen LogP contribution in [0, 0.1) is 5.92 Å². The standard InChI is InChI=1S/C10H16N2O3/c1-8(2)7-15-6-5-12-9(10(13)14)3-4-11-12/h3-4,8H,5-7H2,1-2H3,(H,13,14). The summed E-state index contributed by atoms with van der Waals surface area (Å²) in [7, 11) is 0. The molecule has 0 fully saturated rings. The van der Waals surface area contributed by atoms with Gasteiger partial charge in [-0.2, -0.15) is 5.10 Å². The van der Waals surface area contributed by atoms with Crippen LogP contribution < -0.4 is 0 Å². The number of hydrogen-bond donors (Lipinski definition) is 1. The van der Waals surface area contributed by atoms with Crippen LogP contribution in [0.4, 0.5) is 0 Å². The molecule has 0 radical (unpaired) electrons. The number of aromatic nitrogens is 2. The molecule has 1 aromatic rings. The molecule has 0 aromatic carbocycles. The van der Waals surface area contributed by atoms with Crippen molar-refractivity contribution in [2.24, 2.45) is 5.92 Å². The first kappa shape index (κ1) is 11.7. The van der Waals surface area contributed by atoms with Gasteiger partial charge in [-0.25, -0.2) is 4.79 Å². The Morgan fingerprint density at radius 3 is 3.00 bits per heavy atom. The highest BCUT2D eigenvalue weighted by molar-refractivity contribution is 5.85. The number of carboxylic acids is 1. The van der Waals surface area contributed by atoms with Crippen LogP contribution in [-0.2, 0) is 11.3 Å². The number of aromatic carboxylic acids is 1. The quantitative estimate of drug-likeness (QED) is 0.721. The second-order valence-electron chi connectivity index (χ2n) is 3.71. The lowest BCUT2D eigenvalue weighted by Crippen LogP contribution is -2.15. The molecule has 15 heavy (non-hydrogen) atoms. The summed E-state index contributed by atoms with van der Waals surface area (Å²) in [6.07, 6.45) is 1.48. The highest BCUT2D eigenvalue weighted by Crippen LogP contribution is 1.99. The van der Waals surface area contributed by atoms with Crippen LogP contribution in [0.25, 0.3) is 0 Å². The average molecular weight is 212 g/mol. The number of rotatable bonds is 6. The molecule has 0 aliphatic rings. The zero-order valence-corrected chi connectivity index (χ0v) is 9.01. The Kier molecular flexibility index (Phi) is 4.30. The van der Waals surface area contributed by atoms with Gasteiger partial charge in [-0.1, -0.05) is 13.8 Å². The van der Waals surface area contributed by atoms with Gasteiger partial charge in [-0.15, -0.1) is 0 Å². The molecule has 1 aromatic heterocycles. The third-order valence-corrected chi connectivity index (χ3v) is 1.83. The second kappa shape index (κ2) is 5.50. The Morgan fingerprint density at radius 2 is 2.40 bits per heavy atom. The van der Waals surface area contributed by atoms with Crippen LogP contribution in [0.3, 0.4) is 0 Å². The lowest BCUT2D eigenvalue weighted by molar-refractivity contribution is 0.0673. The summed E-state index contributed by atoms with van der Waals surface area (Å²) in [6.45, 7) is 5.78. The maximum atomic E-state index is 10.7. The summed E-state index contributed by atoms with van der Waals surface area (Å²) in [5, 5.41) is 12.7. The number of ether oxygens (including phenoxy) is 1. The normalized spacial score (nSPS) is 10.9. The van der Waals surface area contributed by atoms with Gasteiger partial charge < -0.3 is 9.84 Å². The molecule has 0 spiro atoms. The van der Waals surface area contributed by atoms with Gasteiger partial charge in [-0.05, 0) is 12.0 Å². The Morgan fingerprint density at radius 1 is 1.67 bits per heavy atom. The van der Waals surface area contributed by atoms with E-state index in [4.69, 9.17) is 9.84 Å². The smallest absolute Gasteiger partial charge is 0.354 e. The molecule has 0 saturated heterocycles. The Bertz CT molecular complexity index is 320. The third-order valence-electron chi connectivity index (χ3n) is 1.83. The van der Waals surface area contributed by atoms with Crippen molar-refractivity contribution in [3.63, 3.8) is 0 Å². The number of hydrogen-bond acceptors (Lipinski definition) is 3. The van der Waals surface area contributed by atoms with Gasteiger partial charge in [0.1, 0.15) is 5.69 Å². The van der Waals surface area contributed by atoms with Gasteiger partial charge in [0.25, 0.3) is 0 Å². The van der Waals surface area contributed by atoms with E-state index < -0.39 is 5.97 Å². The van der Waals surface area contributed by atoms with E-state index in [2.05, 4.69) is 18.9 Å². The largest absolute Gasteiger partial charge is 0.477 e. The third kappa shape index (κ3) is 3.71. The summed E-state index contributed by atoms with van der Waals surface area (Å²) in [5.74, 6) is -0.474. The minimum atomic E-state index is -0.962. The summed E-state index contributed by atoms with van der Waals surface area (Å²) < 4.78 is 6.78. The first-order valence-corrected chi connectivity index (χ1v) is 4.94. The summed E-state index contributed by atoms with van der Waals surface area (Å²) >= 11 is 0. The zero-order valence-electron chi connectivity index (χ0n) is 9.01. The monoisotopic (exact) mass is 212 g/mol. The highest BCUT2D eigenvalue weighted by atomic mass is 16.5. The van der Waals surface area contributed by atoms with Gasteiger partial charge >= 0.3 is 5.97 Å². The van der Waals surface area contributed by atoms with E-state index >= 15 is 0 Å². The fraction of sp³-hybridized carbons (Fsp3) is 0.600. The number of nitrogens with zero attached hydrogens (tertiary/aromatic N) is 2. The molecule has 0 atom stereocenters. The minimum Gasteiger partial charge on any atom is -0.477 e. The van der Waals surface area contributed by atoms with E-state index in [0.29, 0.717) is 25.7 Å². The van der Waals surface area contributed by atoms with Crippen molar-refractivity contribution in [2.45, 2.75) is 20.4 Å². The molecular formula is C10H16N2O3. The highest BCUT2D eigenvalue weighted by Gasteiger charge is 2.09. The molecule has 0 aliphatic heterocycles. The summed E-state index contributed by atoms with van der Waals surface area (Å²) in [4.78, 5) is 10.7. The summed E-state index contributed by atoms with van der Waals surface area (Å²) in [6, 6.07) is 1.48. The van der Waals surface area contributed by atoms with Gasteiger partial charge in [0, 0.05) is 12.8 Å². The van der Waals surface area contributed by atoms with E-state index in [1.54, 1.807) is 0 Å². The Balaban J connectivity index is 2.37. The molecule has 0 saturated carbocycles. The molecule has 0 amide bonds. The summed E-state index contributed by atoms with van der Waals surface area (Å²) in [5.41, 5.74) is 0.197. The van der Waals surface area contributed by atoms with Crippen LogP contribution in [0.15, 0.2) is 12.3 Å². The van der Waals surface area contributed by atoms with Crippen LogP contribution >= 0.6 is 0 Å². The van der Waals surface area contributed by atoms with Crippen molar-refractivity contribution in [2.75, 3.05) is 13.2 Å². The van der Waals surface area contributed by atoms with Crippen LogP contribution in [0.1, 0.15) is 24.3 Å². The van der Waals surface area contributed by atoms with Crippen molar-refractivity contribution in [1.29, 1.82) is 0 Å². The molecular weight excluding hydrogens is 196 g/mol. The van der Waals surface area contributed by atoms with E-state index in [1.165, 1.54) is 16.9 Å². The van der Waals surface area contributed by atoms with Crippen molar-refractivity contribution < 1.29 is 14.6 Å². The minimum absolute atomic E-state index is 0.197. The van der Waals surface area contributed by atoms with Crippen LogP contribution in [-0.4, -0.2) is 34.1 Å². The molecule has 0 unspecified atom stereocenters. The molecule has 1 rings (SSSR count). The molecule has 84 valence electrons. The van der Waals surface area contributed by atoms with Crippen molar-refractivity contribution in [1.82, 2.24) is 9.78 Å². The van der Waals surface area contributed by atoms with E-state index in [1.807, 2.05) is 0 Å². The maximum Gasteiger partial charge on any atom is 0.354 e. The first-order chi connectivity index (χ1) is 7.11. The molecule has 0 aliphatic carbocycles. The van der Waals surface area contributed by atoms with Gasteiger partial charge in [0.2, 0.25) is 0 Å². The fourth-order valence-electron chi connectivity index (χ4n) is 1.16. The average Bonchev–Trinajstić information content (AvgIpc) is 2.60. The lowest BCUT2D eigenvalue weighted by atomic mass is 10.2. The second-order valence-corrected chi connectivity index (χ2v) is 3.71. The van der Waals surface area contributed by atoms with Crippen molar-refractivity contribution in [3.8, 4) is 0 Å². The number of carbonyl (C=O) groups is 1. The molecule has 0 bridgehead atoms. The van der Waals surface area contributed by atoms with Crippen LogP contribution in [0.2, 0.25) is 0 Å². The molecule has 1 N–H and O–H groups in total. The Labute approximate surface area is 88.7 Å². The molecule has 5 nitrogen and oxygen atoms in total. The first-order valence-electron chi connectivity index (χ1n) is 4.94. The fourth-order valence-corrected chi connectivity index (χ4v) is 1.16. The van der Waals surface area contributed by atoms with E-state index in [0.717, 1.165) is 0 Å². The zero-order chi connectivity index (χ0) is 11.3. The maximum absolute atomic E-state index is 10.7. The molecule has 5 heteroatoms.